The standard InChI is InChI=1S/C12H15F/c1-9-2-3-11(8-9)10-4-6-12(13)7-5-10/h4-7,9,11H,2-3,8H2,1H3/t9-,11-/m0/s1. The molecule has 1 saturated carbocycles. The normalized spacial score (nSPS) is 27.8. The van der Waals surface area contributed by atoms with Gasteiger partial charge in [0.05, 0.1) is 0 Å². The lowest BCUT2D eigenvalue weighted by Crippen LogP contribution is -1.93. The molecule has 2 rings (SSSR count). The molecule has 0 spiro atoms. The van der Waals surface area contributed by atoms with Crippen molar-refractivity contribution in [3.05, 3.63) is 35.6 Å². The third kappa shape index (κ3) is 1.90. The second kappa shape index (κ2) is 3.49. The predicted octanol–water partition coefficient (Wildman–Crippen LogP) is 3.73. The van der Waals surface area contributed by atoms with E-state index in [0.717, 1.165) is 5.92 Å². The molecule has 0 bridgehead atoms. The van der Waals surface area contributed by atoms with E-state index in [1.807, 2.05) is 12.1 Å². The Morgan fingerprint density at radius 1 is 1.15 bits per heavy atom. The maximum Gasteiger partial charge on any atom is 0.123 e. The van der Waals surface area contributed by atoms with E-state index in [1.165, 1.54) is 24.8 Å². The van der Waals surface area contributed by atoms with E-state index in [4.69, 9.17) is 0 Å². The summed E-state index contributed by atoms with van der Waals surface area (Å²) in [7, 11) is 0. The van der Waals surface area contributed by atoms with Crippen LogP contribution in [0.3, 0.4) is 0 Å². The Bertz CT molecular complexity index is 276. The summed E-state index contributed by atoms with van der Waals surface area (Å²) >= 11 is 0. The second-order valence-electron chi connectivity index (χ2n) is 4.17. The van der Waals surface area contributed by atoms with Crippen LogP contribution in [-0.2, 0) is 0 Å². The van der Waals surface area contributed by atoms with Gasteiger partial charge in [-0.3, -0.25) is 0 Å². The molecule has 0 amide bonds. The first kappa shape index (κ1) is 8.74. The molecular formula is C12H15F. The number of halogens is 1. The quantitative estimate of drug-likeness (QED) is 0.614. The highest BCUT2D eigenvalue weighted by Crippen LogP contribution is 2.37. The van der Waals surface area contributed by atoms with Gasteiger partial charge in [0, 0.05) is 0 Å². The average molecular weight is 178 g/mol. The Kier molecular flexibility index (Phi) is 2.34. The average Bonchev–Trinajstić information content (AvgIpc) is 2.53. The van der Waals surface area contributed by atoms with Gasteiger partial charge in [0.1, 0.15) is 5.82 Å². The van der Waals surface area contributed by atoms with Crippen LogP contribution in [0.5, 0.6) is 0 Å². The van der Waals surface area contributed by atoms with Crippen LogP contribution in [0.15, 0.2) is 24.3 Å². The van der Waals surface area contributed by atoms with Crippen molar-refractivity contribution < 1.29 is 4.39 Å². The van der Waals surface area contributed by atoms with Crippen LogP contribution in [0.2, 0.25) is 0 Å². The summed E-state index contributed by atoms with van der Waals surface area (Å²) in [5.74, 6) is 1.39. The van der Waals surface area contributed by atoms with Gasteiger partial charge in [-0.2, -0.15) is 0 Å². The summed E-state index contributed by atoms with van der Waals surface area (Å²) in [4.78, 5) is 0. The number of rotatable bonds is 1. The summed E-state index contributed by atoms with van der Waals surface area (Å²) in [5.41, 5.74) is 1.31. The molecule has 0 heterocycles. The summed E-state index contributed by atoms with van der Waals surface area (Å²) < 4.78 is 12.7. The molecule has 0 aliphatic heterocycles. The van der Waals surface area contributed by atoms with Gasteiger partial charge in [-0.05, 0) is 42.4 Å². The number of benzene rings is 1. The van der Waals surface area contributed by atoms with Crippen LogP contribution in [0.4, 0.5) is 4.39 Å². The lowest BCUT2D eigenvalue weighted by molar-refractivity contribution is 0.594. The Morgan fingerprint density at radius 3 is 2.38 bits per heavy atom. The molecule has 13 heavy (non-hydrogen) atoms. The first-order chi connectivity index (χ1) is 6.25. The molecule has 1 aromatic rings. The fraction of sp³-hybridized carbons (Fsp3) is 0.500. The zero-order valence-electron chi connectivity index (χ0n) is 7.96. The Morgan fingerprint density at radius 2 is 1.85 bits per heavy atom. The van der Waals surface area contributed by atoms with Crippen LogP contribution in [0, 0.1) is 11.7 Å². The Hall–Kier alpha value is -0.850. The van der Waals surface area contributed by atoms with E-state index >= 15 is 0 Å². The van der Waals surface area contributed by atoms with Crippen LogP contribution in [0.25, 0.3) is 0 Å². The van der Waals surface area contributed by atoms with E-state index in [2.05, 4.69) is 6.92 Å². The summed E-state index contributed by atoms with van der Waals surface area (Å²) in [6.07, 6.45) is 3.86. The van der Waals surface area contributed by atoms with E-state index in [0.29, 0.717) is 5.92 Å². The van der Waals surface area contributed by atoms with Crippen molar-refractivity contribution in [1.82, 2.24) is 0 Å². The molecule has 0 N–H and O–H groups in total. The van der Waals surface area contributed by atoms with E-state index in [9.17, 15) is 4.39 Å². The van der Waals surface area contributed by atoms with Gasteiger partial charge in [-0.1, -0.05) is 25.5 Å². The second-order valence-corrected chi connectivity index (χ2v) is 4.17. The fourth-order valence-corrected chi connectivity index (χ4v) is 2.24. The highest BCUT2D eigenvalue weighted by atomic mass is 19.1. The maximum atomic E-state index is 12.7. The van der Waals surface area contributed by atoms with Gasteiger partial charge in [-0.25, -0.2) is 4.39 Å². The summed E-state index contributed by atoms with van der Waals surface area (Å²) in [6.45, 7) is 2.30. The molecule has 1 aromatic carbocycles. The molecule has 1 aliphatic carbocycles. The molecule has 0 aromatic heterocycles. The van der Waals surface area contributed by atoms with Crippen LogP contribution in [0.1, 0.15) is 37.7 Å². The first-order valence-corrected chi connectivity index (χ1v) is 5.01. The molecule has 0 nitrogen and oxygen atoms in total. The topological polar surface area (TPSA) is 0 Å². The van der Waals surface area contributed by atoms with Crippen molar-refractivity contribution in [2.45, 2.75) is 32.1 Å². The fourth-order valence-electron chi connectivity index (χ4n) is 2.24. The maximum absolute atomic E-state index is 12.7. The zero-order valence-corrected chi connectivity index (χ0v) is 7.96. The first-order valence-electron chi connectivity index (χ1n) is 5.01. The van der Waals surface area contributed by atoms with E-state index in [-0.39, 0.29) is 5.82 Å². The van der Waals surface area contributed by atoms with E-state index < -0.39 is 0 Å². The van der Waals surface area contributed by atoms with Crippen molar-refractivity contribution in [3.63, 3.8) is 0 Å². The van der Waals surface area contributed by atoms with Gasteiger partial charge in [0.2, 0.25) is 0 Å². The summed E-state index contributed by atoms with van der Waals surface area (Å²) in [5, 5.41) is 0. The molecule has 0 saturated heterocycles. The molecule has 70 valence electrons. The van der Waals surface area contributed by atoms with Crippen molar-refractivity contribution >= 4 is 0 Å². The Labute approximate surface area is 78.8 Å². The minimum absolute atomic E-state index is 0.130. The number of hydrogen-bond acceptors (Lipinski definition) is 0. The molecule has 1 aliphatic rings. The SMILES string of the molecule is C[C@H]1CC[C@H](c2ccc(F)cc2)C1. The van der Waals surface area contributed by atoms with E-state index in [1.54, 1.807) is 12.1 Å². The largest absolute Gasteiger partial charge is 0.207 e. The predicted molar refractivity (Wildman–Crippen MR) is 52.2 cm³/mol. The summed E-state index contributed by atoms with van der Waals surface area (Å²) in [6, 6.07) is 6.99. The lowest BCUT2D eigenvalue weighted by atomic mass is 9.97. The Balaban J connectivity index is 2.13. The smallest absolute Gasteiger partial charge is 0.123 e. The van der Waals surface area contributed by atoms with Crippen molar-refractivity contribution in [2.75, 3.05) is 0 Å². The molecule has 0 unspecified atom stereocenters. The zero-order chi connectivity index (χ0) is 9.26. The van der Waals surface area contributed by atoms with Gasteiger partial charge >= 0.3 is 0 Å². The molecule has 1 heteroatoms. The molecular weight excluding hydrogens is 163 g/mol. The van der Waals surface area contributed by atoms with Crippen LogP contribution < -0.4 is 0 Å². The molecule has 1 fully saturated rings. The van der Waals surface area contributed by atoms with Gasteiger partial charge in [0.25, 0.3) is 0 Å². The third-order valence-corrected chi connectivity index (χ3v) is 3.04. The van der Waals surface area contributed by atoms with Gasteiger partial charge < -0.3 is 0 Å². The third-order valence-electron chi connectivity index (χ3n) is 3.04. The monoisotopic (exact) mass is 178 g/mol. The van der Waals surface area contributed by atoms with Gasteiger partial charge in [0.15, 0.2) is 0 Å². The highest BCUT2D eigenvalue weighted by Gasteiger charge is 2.22. The van der Waals surface area contributed by atoms with Crippen LogP contribution in [-0.4, -0.2) is 0 Å². The van der Waals surface area contributed by atoms with Crippen LogP contribution >= 0.6 is 0 Å². The van der Waals surface area contributed by atoms with Crippen molar-refractivity contribution in [1.29, 1.82) is 0 Å². The highest BCUT2D eigenvalue weighted by molar-refractivity contribution is 5.21. The molecule has 2 atom stereocenters. The van der Waals surface area contributed by atoms with Crippen molar-refractivity contribution in [2.24, 2.45) is 5.92 Å². The minimum Gasteiger partial charge on any atom is -0.207 e. The minimum atomic E-state index is -0.130. The number of hydrogen-bond donors (Lipinski definition) is 0. The molecule has 0 radical (unpaired) electrons. The van der Waals surface area contributed by atoms with Crippen molar-refractivity contribution in [3.8, 4) is 0 Å². The van der Waals surface area contributed by atoms with Gasteiger partial charge in [-0.15, -0.1) is 0 Å². The lowest BCUT2D eigenvalue weighted by Gasteiger charge is -2.09.